The molecule has 11 nitrogen and oxygen atoms in total. The van der Waals surface area contributed by atoms with Crippen molar-refractivity contribution in [3.05, 3.63) is 126 Å². The van der Waals surface area contributed by atoms with E-state index in [4.69, 9.17) is 10.4 Å². The van der Waals surface area contributed by atoms with Gasteiger partial charge in [-0.25, -0.2) is 15.4 Å². The molecule has 2 aromatic heterocycles. The first-order chi connectivity index (χ1) is 30.5. The van der Waals surface area contributed by atoms with Crippen LogP contribution < -0.4 is 36.7 Å². The van der Waals surface area contributed by atoms with Gasteiger partial charge in [0.1, 0.15) is 5.84 Å². The SMILES string of the molecule is C=NC(C)=NC(=N)/C(=C\NNCc1ccccc1-c1nccc2cc(N3CCN(CC4CCN(c5ccc6c(=C)n(C7CCC(=C)NC7=C)c(=C)c6c5)CC4)CC3)ccc12)C(C)C. The second kappa shape index (κ2) is 19.0. The zero-order valence-corrected chi connectivity index (χ0v) is 37.4. The lowest BCUT2D eigenvalue weighted by Crippen LogP contribution is -2.49. The predicted molar refractivity (Wildman–Crippen MR) is 266 cm³/mol. The summed E-state index contributed by atoms with van der Waals surface area (Å²) in [5, 5.41) is 18.5. The number of anilines is 2. The second-order valence-corrected chi connectivity index (χ2v) is 17.7. The summed E-state index contributed by atoms with van der Waals surface area (Å²) in [4.78, 5) is 20.7. The summed E-state index contributed by atoms with van der Waals surface area (Å²) in [5.74, 6) is 1.46. The van der Waals surface area contributed by atoms with Crippen molar-refractivity contribution in [3.8, 4) is 11.3 Å². The third-order valence-electron chi connectivity index (χ3n) is 13.2. The largest absolute Gasteiger partial charge is 0.371 e. The quantitative estimate of drug-likeness (QED) is 0.0438. The fourth-order valence-corrected chi connectivity index (χ4v) is 9.62. The van der Waals surface area contributed by atoms with E-state index in [1.807, 2.05) is 26.2 Å². The van der Waals surface area contributed by atoms with Crippen molar-refractivity contribution < 1.29 is 0 Å². The van der Waals surface area contributed by atoms with E-state index in [1.54, 1.807) is 6.92 Å². The summed E-state index contributed by atoms with van der Waals surface area (Å²) in [7, 11) is 0. The molecule has 63 heavy (non-hydrogen) atoms. The summed E-state index contributed by atoms with van der Waals surface area (Å²) in [6, 6.07) is 24.3. The van der Waals surface area contributed by atoms with Gasteiger partial charge in [-0.05, 0) is 92.4 Å². The van der Waals surface area contributed by atoms with Gasteiger partial charge in [0.2, 0.25) is 0 Å². The third kappa shape index (κ3) is 9.40. The van der Waals surface area contributed by atoms with Crippen LogP contribution >= 0.6 is 0 Å². The molecule has 3 aliphatic rings. The average molecular weight is 842 g/mol. The topological polar surface area (TPSA) is 112 Å². The molecule has 0 saturated carbocycles. The van der Waals surface area contributed by atoms with Crippen LogP contribution in [0.2, 0.25) is 0 Å². The van der Waals surface area contributed by atoms with E-state index in [-0.39, 0.29) is 17.8 Å². The number of benzene rings is 3. The lowest BCUT2D eigenvalue weighted by molar-refractivity contribution is 0.201. The summed E-state index contributed by atoms with van der Waals surface area (Å²) in [6.07, 6.45) is 8.03. The molecule has 1 atom stereocenters. The minimum atomic E-state index is 0.107. The highest BCUT2D eigenvalue weighted by molar-refractivity contribution is 6.05. The first-order valence-electron chi connectivity index (χ1n) is 22.4. The first-order valence-corrected chi connectivity index (χ1v) is 22.4. The van der Waals surface area contributed by atoms with E-state index in [9.17, 15) is 0 Å². The zero-order chi connectivity index (χ0) is 44.2. The summed E-state index contributed by atoms with van der Waals surface area (Å²) >= 11 is 0. The maximum absolute atomic E-state index is 8.42. The molecule has 0 bridgehead atoms. The van der Waals surface area contributed by atoms with E-state index in [0.717, 1.165) is 102 Å². The number of fused-ring (bicyclic) bond motifs is 2. The van der Waals surface area contributed by atoms with Gasteiger partial charge in [-0.15, -0.1) is 0 Å². The Labute approximate surface area is 372 Å². The Kier molecular flexibility index (Phi) is 13.1. The Hall–Kier alpha value is -6.30. The highest BCUT2D eigenvalue weighted by Crippen LogP contribution is 2.33. The molecular formula is C52H63N11. The van der Waals surface area contributed by atoms with Gasteiger partial charge in [0.25, 0.3) is 0 Å². The van der Waals surface area contributed by atoms with Gasteiger partial charge >= 0.3 is 0 Å². The van der Waals surface area contributed by atoms with E-state index >= 15 is 0 Å². The molecule has 1 unspecified atom stereocenters. The summed E-state index contributed by atoms with van der Waals surface area (Å²) in [5.41, 5.74) is 15.0. The number of rotatable bonds is 12. The number of hydrazine groups is 1. The van der Waals surface area contributed by atoms with Crippen molar-refractivity contribution in [3.63, 3.8) is 0 Å². The molecule has 326 valence electrons. The Balaban J connectivity index is 0.852. The second-order valence-electron chi connectivity index (χ2n) is 17.7. The van der Waals surface area contributed by atoms with Gasteiger partial charge < -0.3 is 25.1 Å². The van der Waals surface area contributed by atoms with Crippen LogP contribution in [0.5, 0.6) is 0 Å². The van der Waals surface area contributed by atoms with Crippen molar-refractivity contribution in [2.75, 3.05) is 55.6 Å². The van der Waals surface area contributed by atoms with Crippen LogP contribution in [-0.4, -0.2) is 78.7 Å². The number of nitrogens with zero attached hydrogens (tertiary/aromatic N) is 7. The smallest absolute Gasteiger partial charge is 0.151 e. The molecule has 3 saturated heterocycles. The molecule has 3 fully saturated rings. The van der Waals surface area contributed by atoms with Gasteiger partial charge in [0.15, 0.2) is 5.84 Å². The Morgan fingerprint density at radius 1 is 0.873 bits per heavy atom. The van der Waals surface area contributed by atoms with Crippen LogP contribution in [0.1, 0.15) is 58.1 Å². The molecule has 5 heterocycles. The van der Waals surface area contributed by atoms with E-state index in [2.05, 4.69) is 145 Å². The number of piperidine rings is 2. The minimum Gasteiger partial charge on any atom is -0.371 e. The number of aliphatic imine (C=N–C) groups is 2. The van der Waals surface area contributed by atoms with Crippen LogP contribution in [0.15, 0.2) is 119 Å². The lowest BCUT2D eigenvalue weighted by atomic mass is 9.95. The lowest BCUT2D eigenvalue weighted by Gasteiger charge is -2.40. The van der Waals surface area contributed by atoms with Crippen molar-refractivity contribution in [1.29, 1.82) is 5.41 Å². The van der Waals surface area contributed by atoms with Crippen LogP contribution in [0, 0.1) is 17.2 Å². The number of hydrogen-bond acceptors (Lipinski definition) is 8. The summed E-state index contributed by atoms with van der Waals surface area (Å²) < 4.78 is 2.27. The van der Waals surface area contributed by atoms with Gasteiger partial charge in [0, 0.05) is 126 Å². The number of piperazine rings is 1. The van der Waals surface area contributed by atoms with Crippen LogP contribution in [0.4, 0.5) is 11.4 Å². The molecule has 0 amide bonds. The summed E-state index contributed by atoms with van der Waals surface area (Å²) in [6.45, 7) is 34.8. The molecule has 0 radical (unpaired) electrons. The van der Waals surface area contributed by atoms with Crippen LogP contribution in [0.25, 0.3) is 46.0 Å². The van der Waals surface area contributed by atoms with Crippen molar-refractivity contribution >= 4 is 64.5 Å². The maximum Gasteiger partial charge on any atom is 0.151 e. The standard InChI is InChI=1S/C52H63N11/c1-34(2)49(52(53)59-39(7)54-8)32-57-56-31-42-11-9-10-12-46(42)51-47-17-15-43(29-41(47)19-22-55-51)62-27-25-60(26-28-62)33-40-20-23-61(24-21-40)44-14-16-45-37(5)63(38(6)48(45)30-44)50-18-13-35(3)58-36(50)4/h9-12,14-17,19,22,29-30,32,34,40,50,53,56-58H,3-6,8,13,18,20-21,23-28,31,33H2,1-2,7H3/b49-32-,53-52?,59-39?. The van der Waals surface area contributed by atoms with Gasteiger partial charge in [-0.1, -0.05) is 76.6 Å². The molecule has 8 rings (SSSR count). The maximum atomic E-state index is 8.42. The van der Waals surface area contributed by atoms with Crippen molar-refractivity contribution in [1.82, 2.24) is 30.6 Å². The predicted octanol–water partition coefficient (Wildman–Crippen LogP) is 7.90. The molecule has 3 aliphatic heterocycles. The third-order valence-corrected chi connectivity index (χ3v) is 13.2. The van der Waals surface area contributed by atoms with Crippen molar-refractivity contribution in [2.24, 2.45) is 21.8 Å². The number of allylic oxidation sites excluding steroid dienone is 2. The number of nitrogens with one attached hydrogen (secondary N) is 4. The van der Waals surface area contributed by atoms with Crippen LogP contribution in [0.3, 0.4) is 0 Å². The van der Waals surface area contributed by atoms with Gasteiger partial charge in [-0.3, -0.25) is 15.3 Å². The fraction of sp³-hybridized carbons (Fsp3) is 0.346. The normalized spacial score (nSPS) is 18.4. The fourth-order valence-electron chi connectivity index (χ4n) is 9.62. The van der Waals surface area contributed by atoms with Gasteiger partial charge in [0.05, 0.1) is 11.7 Å². The minimum absolute atomic E-state index is 0.107. The average Bonchev–Trinajstić information content (AvgIpc) is 3.53. The highest BCUT2D eigenvalue weighted by Gasteiger charge is 2.26. The molecule has 0 aliphatic carbocycles. The van der Waals surface area contributed by atoms with E-state index < -0.39 is 0 Å². The Morgan fingerprint density at radius 2 is 1.57 bits per heavy atom. The van der Waals surface area contributed by atoms with Gasteiger partial charge in [-0.2, -0.15) is 0 Å². The Morgan fingerprint density at radius 3 is 2.30 bits per heavy atom. The first kappa shape index (κ1) is 43.4. The molecule has 3 aromatic carbocycles. The Bertz CT molecular complexity index is 2710. The highest BCUT2D eigenvalue weighted by atomic mass is 15.3. The zero-order valence-electron chi connectivity index (χ0n) is 37.4. The number of pyridine rings is 1. The van der Waals surface area contributed by atoms with Crippen LogP contribution in [-0.2, 0) is 6.54 Å². The molecule has 4 N–H and O–H groups in total. The molecule has 5 aromatic rings. The van der Waals surface area contributed by atoms with E-state index in [1.165, 1.54) is 46.9 Å². The number of amidine groups is 2. The molecule has 0 spiro atoms. The molecule has 11 heteroatoms. The number of aromatic nitrogens is 2. The van der Waals surface area contributed by atoms with E-state index in [0.29, 0.717) is 18.3 Å². The molecular weight excluding hydrogens is 779 g/mol. The monoisotopic (exact) mass is 842 g/mol. The number of hydrogen-bond donors (Lipinski definition) is 4. The van der Waals surface area contributed by atoms with Crippen molar-refractivity contribution in [2.45, 2.75) is 59.0 Å².